The maximum absolute atomic E-state index is 13.0. The first-order chi connectivity index (χ1) is 13.6. The summed E-state index contributed by atoms with van der Waals surface area (Å²) in [5, 5.41) is 4.85. The molecule has 0 radical (unpaired) electrons. The molecule has 1 N–H and O–H groups in total. The van der Waals surface area contributed by atoms with E-state index in [1.165, 1.54) is 41.8 Å². The van der Waals surface area contributed by atoms with E-state index in [4.69, 9.17) is 9.15 Å². The number of carbonyl (C=O) groups excluding carboxylic acids is 1. The van der Waals surface area contributed by atoms with Gasteiger partial charge < -0.3 is 9.15 Å². The van der Waals surface area contributed by atoms with E-state index in [-0.39, 0.29) is 17.5 Å². The summed E-state index contributed by atoms with van der Waals surface area (Å²) in [4.78, 5) is 25.1. The number of carbonyl (C=O) groups is 1. The van der Waals surface area contributed by atoms with Crippen molar-refractivity contribution in [1.82, 2.24) is 15.0 Å². The van der Waals surface area contributed by atoms with Crippen LogP contribution < -0.4 is 10.1 Å². The minimum atomic E-state index is -0.482. The molecule has 7 nitrogen and oxygen atoms in total. The highest BCUT2D eigenvalue weighted by Crippen LogP contribution is 2.25. The lowest BCUT2D eigenvalue weighted by Gasteiger charge is -2.00. The van der Waals surface area contributed by atoms with Gasteiger partial charge >= 0.3 is 0 Å². The van der Waals surface area contributed by atoms with Crippen molar-refractivity contribution in [3.63, 3.8) is 0 Å². The highest BCUT2D eigenvalue weighted by atomic mass is 32.1. The molecule has 3 heterocycles. The summed E-state index contributed by atoms with van der Waals surface area (Å²) >= 11 is 1.26. The number of hydrogen-bond donors (Lipinski definition) is 1. The fourth-order valence-corrected chi connectivity index (χ4v) is 3.06. The van der Waals surface area contributed by atoms with E-state index in [0.717, 1.165) is 0 Å². The quantitative estimate of drug-likeness (QED) is 0.542. The maximum Gasteiger partial charge on any atom is 0.294 e. The molecule has 140 valence electrons. The van der Waals surface area contributed by atoms with Gasteiger partial charge in [-0.3, -0.25) is 15.1 Å². The zero-order valence-electron chi connectivity index (χ0n) is 14.5. The Kier molecular flexibility index (Phi) is 4.81. The van der Waals surface area contributed by atoms with Crippen LogP contribution in [0.4, 0.5) is 9.52 Å². The third-order valence-electron chi connectivity index (χ3n) is 3.78. The zero-order chi connectivity index (χ0) is 19.5. The van der Waals surface area contributed by atoms with Crippen molar-refractivity contribution in [3.05, 3.63) is 65.7 Å². The van der Waals surface area contributed by atoms with Crippen LogP contribution >= 0.6 is 11.3 Å². The number of oxazole rings is 1. The summed E-state index contributed by atoms with van der Waals surface area (Å²) in [7, 11) is 1.57. The molecule has 0 atom stereocenters. The van der Waals surface area contributed by atoms with Crippen LogP contribution in [0.5, 0.6) is 5.75 Å². The SMILES string of the molecule is COc1ccc(-c2csc(NC(=O)c3cnc(-c4ccc(F)cc4)o3)n2)nc1. The van der Waals surface area contributed by atoms with Crippen molar-refractivity contribution < 1.29 is 18.3 Å². The van der Waals surface area contributed by atoms with Gasteiger partial charge in [0.25, 0.3) is 5.91 Å². The largest absolute Gasteiger partial charge is 0.495 e. The molecule has 0 unspecified atom stereocenters. The molecule has 0 spiro atoms. The number of aromatic nitrogens is 3. The number of methoxy groups -OCH3 is 1. The van der Waals surface area contributed by atoms with Crippen LogP contribution in [0.1, 0.15) is 10.6 Å². The number of hydrogen-bond acceptors (Lipinski definition) is 7. The van der Waals surface area contributed by atoms with E-state index in [1.807, 2.05) is 0 Å². The molecule has 9 heteroatoms. The summed E-state index contributed by atoms with van der Waals surface area (Å²) in [5.41, 5.74) is 1.87. The van der Waals surface area contributed by atoms with Gasteiger partial charge in [0.05, 0.1) is 25.2 Å². The van der Waals surface area contributed by atoms with Crippen molar-refractivity contribution in [3.8, 4) is 28.6 Å². The number of pyridine rings is 1. The summed E-state index contributed by atoms with van der Waals surface area (Å²) < 4.78 is 23.6. The molecule has 1 amide bonds. The Labute approximate surface area is 162 Å². The number of thiazole rings is 1. The van der Waals surface area contributed by atoms with Gasteiger partial charge in [-0.15, -0.1) is 11.3 Å². The molecule has 1 aromatic carbocycles. The molecule has 0 saturated heterocycles. The number of halogens is 1. The predicted octanol–water partition coefficient (Wildman–Crippen LogP) is 4.26. The molecule has 0 fully saturated rings. The zero-order valence-corrected chi connectivity index (χ0v) is 15.4. The molecule has 0 aliphatic carbocycles. The number of amides is 1. The second kappa shape index (κ2) is 7.57. The van der Waals surface area contributed by atoms with Crippen LogP contribution in [0.2, 0.25) is 0 Å². The molecule has 0 bridgehead atoms. The second-order valence-corrected chi connectivity index (χ2v) is 6.47. The lowest BCUT2D eigenvalue weighted by atomic mass is 10.2. The lowest BCUT2D eigenvalue weighted by Crippen LogP contribution is -2.10. The van der Waals surface area contributed by atoms with Gasteiger partial charge in [0.1, 0.15) is 17.3 Å². The van der Waals surface area contributed by atoms with Gasteiger partial charge in [-0.25, -0.2) is 14.4 Å². The van der Waals surface area contributed by atoms with E-state index in [1.54, 1.807) is 30.8 Å². The normalized spacial score (nSPS) is 10.6. The average molecular weight is 396 g/mol. The predicted molar refractivity (Wildman–Crippen MR) is 102 cm³/mol. The smallest absolute Gasteiger partial charge is 0.294 e. The van der Waals surface area contributed by atoms with E-state index < -0.39 is 5.91 Å². The van der Waals surface area contributed by atoms with Gasteiger partial charge in [-0.2, -0.15) is 0 Å². The Morgan fingerprint density at radius 1 is 1.11 bits per heavy atom. The van der Waals surface area contributed by atoms with Gasteiger partial charge in [-0.05, 0) is 36.4 Å². The van der Waals surface area contributed by atoms with Crippen molar-refractivity contribution >= 4 is 22.4 Å². The molecule has 3 aromatic heterocycles. The lowest BCUT2D eigenvalue weighted by molar-refractivity contribution is 0.0997. The first-order valence-electron chi connectivity index (χ1n) is 8.11. The molecule has 0 aliphatic rings. The summed E-state index contributed by atoms with van der Waals surface area (Å²) in [6.07, 6.45) is 2.91. The molecule has 4 rings (SSSR count). The van der Waals surface area contributed by atoms with Crippen molar-refractivity contribution in [1.29, 1.82) is 0 Å². The summed E-state index contributed by atoms with van der Waals surface area (Å²) in [6, 6.07) is 9.21. The number of anilines is 1. The van der Waals surface area contributed by atoms with Gasteiger partial charge in [0.2, 0.25) is 11.7 Å². The number of benzene rings is 1. The summed E-state index contributed by atoms with van der Waals surface area (Å²) in [5.74, 6) is 0.0597. The minimum absolute atomic E-state index is 0.0265. The maximum atomic E-state index is 13.0. The molecular weight excluding hydrogens is 383 g/mol. The van der Waals surface area contributed by atoms with Crippen LogP contribution in [-0.2, 0) is 0 Å². The monoisotopic (exact) mass is 396 g/mol. The topological polar surface area (TPSA) is 90.1 Å². The van der Waals surface area contributed by atoms with Crippen LogP contribution in [-0.4, -0.2) is 28.0 Å². The number of ether oxygens (including phenoxy) is 1. The van der Waals surface area contributed by atoms with E-state index in [9.17, 15) is 9.18 Å². The number of nitrogens with zero attached hydrogens (tertiary/aromatic N) is 3. The van der Waals surface area contributed by atoms with Crippen LogP contribution in [0, 0.1) is 5.82 Å². The van der Waals surface area contributed by atoms with Crippen molar-refractivity contribution in [2.75, 3.05) is 12.4 Å². The molecule has 0 saturated carbocycles. The van der Waals surface area contributed by atoms with Crippen molar-refractivity contribution in [2.24, 2.45) is 0 Å². The van der Waals surface area contributed by atoms with Crippen LogP contribution in [0.25, 0.3) is 22.8 Å². The molecular formula is C19H13FN4O3S. The fraction of sp³-hybridized carbons (Fsp3) is 0.0526. The number of nitrogens with one attached hydrogen (secondary N) is 1. The highest BCUT2D eigenvalue weighted by molar-refractivity contribution is 7.14. The van der Waals surface area contributed by atoms with E-state index >= 15 is 0 Å². The van der Waals surface area contributed by atoms with E-state index in [2.05, 4.69) is 20.3 Å². The molecule has 28 heavy (non-hydrogen) atoms. The Morgan fingerprint density at radius 2 is 1.93 bits per heavy atom. The Bertz CT molecular complexity index is 1110. The Morgan fingerprint density at radius 3 is 2.64 bits per heavy atom. The minimum Gasteiger partial charge on any atom is -0.495 e. The summed E-state index contributed by atoms with van der Waals surface area (Å²) in [6.45, 7) is 0. The van der Waals surface area contributed by atoms with Crippen LogP contribution in [0.3, 0.4) is 0 Å². The van der Waals surface area contributed by atoms with E-state index in [0.29, 0.717) is 27.8 Å². The Hall–Kier alpha value is -3.59. The molecule has 0 aliphatic heterocycles. The first-order valence-corrected chi connectivity index (χ1v) is 8.99. The highest BCUT2D eigenvalue weighted by Gasteiger charge is 2.16. The number of rotatable bonds is 5. The Balaban J connectivity index is 1.47. The second-order valence-electron chi connectivity index (χ2n) is 5.61. The molecule has 4 aromatic rings. The third-order valence-corrected chi connectivity index (χ3v) is 4.54. The van der Waals surface area contributed by atoms with Crippen molar-refractivity contribution in [2.45, 2.75) is 0 Å². The first kappa shape index (κ1) is 17.8. The van der Waals surface area contributed by atoms with Gasteiger partial charge in [0.15, 0.2) is 5.13 Å². The van der Waals surface area contributed by atoms with Crippen LogP contribution in [0.15, 0.2) is 58.6 Å². The average Bonchev–Trinajstić information content (AvgIpc) is 3.39. The fourth-order valence-electron chi connectivity index (χ4n) is 2.37. The van der Waals surface area contributed by atoms with Gasteiger partial charge in [0, 0.05) is 10.9 Å². The van der Waals surface area contributed by atoms with Gasteiger partial charge in [-0.1, -0.05) is 0 Å². The standard InChI is InChI=1S/C19H13FN4O3S/c1-26-13-6-7-14(21-8-13)15-10-28-19(23-15)24-17(25)16-9-22-18(27-16)11-2-4-12(20)5-3-11/h2-10H,1H3,(H,23,24,25). The third kappa shape index (κ3) is 3.74.